The molecule has 0 aliphatic rings. The molecular formula is C14H16N4OS. The van der Waals surface area contributed by atoms with Crippen molar-refractivity contribution < 1.29 is 4.42 Å². The molecule has 0 unspecified atom stereocenters. The van der Waals surface area contributed by atoms with Gasteiger partial charge in [-0.15, -0.1) is 10.2 Å². The van der Waals surface area contributed by atoms with Crippen LogP contribution in [0.25, 0.3) is 11.5 Å². The lowest BCUT2D eigenvalue weighted by Crippen LogP contribution is -2.08. The van der Waals surface area contributed by atoms with E-state index in [2.05, 4.69) is 16.3 Å². The van der Waals surface area contributed by atoms with E-state index in [4.69, 9.17) is 9.68 Å². The maximum Gasteiger partial charge on any atom is 0.276 e. The molecule has 1 aromatic heterocycles. The Labute approximate surface area is 122 Å². The van der Waals surface area contributed by atoms with Crippen LogP contribution in [0.15, 0.2) is 33.9 Å². The van der Waals surface area contributed by atoms with Gasteiger partial charge in [0, 0.05) is 37.5 Å². The van der Waals surface area contributed by atoms with Crippen LogP contribution >= 0.6 is 11.8 Å². The summed E-state index contributed by atoms with van der Waals surface area (Å²) in [5, 5.41) is 17.1. The first-order valence-electron chi connectivity index (χ1n) is 6.31. The monoisotopic (exact) mass is 288 g/mol. The summed E-state index contributed by atoms with van der Waals surface area (Å²) in [6.07, 6.45) is 1.38. The highest BCUT2D eigenvalue weighted by Gasteiger charge is 2.09. The Balaban J connectivity index is 2.05. The van der Waals surface area contributed by atoms with E-state index in [9.17, 15) is 0 Å². The Kier molecular flexibility index (Phi) is 5.02. The number of nitriles is 1. The van der Waals surface area contributed by atoms with Crippen LogP contribution < -0.4 is 4.90 Å². The van der Waals surface area contributed by atoms with Crippen molar-refractivity contribution in [3.63, 3.8) is 0 Å². The second-order valence-corrected chi connectivity index (χ2v) is 5.47. The Morgan fingerprint density at radius 1 is 1.35 bits per heavy atom. The van der Waals surface area contributed by atoms with Gasteiger partial charge in [-0.1, -0.05) is 17.8 Å². The standard InChI is InChI=1S/C14H16N4OS/c1-18(2)12-7-5-6-11(10-12)13-16-17-14(19-13)20-9-4-3-8-15/h5-7,10H,3-4,9H2,1-2H3. The summed E-state index contributed by atoms with van der Waals surface area (Å²) in [5.74, 6) is 1.34. The third-order valence-electron chi connectivity index (χ3n) is 2.67. The molecule has 1 heterocycles. The molecule has 104 valence electrons. The summed E-state index contributed by atoms with van der Waals surface area (Å²) < 4.78 is 5.62. The van der Waals surface area contributed by atoms with Gasteiger partial charge >= 0.3 is 0 Å². The molecule has 0 saturated heterocycles. The SMILES string of the molecule is CN(C)c1cccc(-c2nnc(SCCCC#N)o2)c1. The maximum atomic E-state index is 8.47. The lowest BCUT2D eigenvalue weighted by Gasteiger charge is -2.12. The first-order chi connectivity index (χ1) is 9.70. The summed E-state index contributed by atoms with van der Waals surface area (Å²) in [4.78, 5) is 2.03. The third-order valence-corrected chi connectivity index (χ3v) is 3.58. The summed E-state index contributed by atoms with van der Waals surface area (Å²) >= 11 is 1.48. The normalized spacial score (nSPS) is 10.2. The van der Waals surface area contributed by atoms with Crippen LogP contribution in [0.3, 0.4) is 0 Å². The van der Waals surface area contributed by atoms with E-state index < -0.39 is 0 Å². The van der Waals surface area contributed by atoms with E-state index in [0.717, 1.165) is 23.4 Å². The fraction of sp³-hybridized carbons (Fsp3) is 0.357. The van der Waals surface area contributed by atoms with Crippen molar-refractivity contribution in [1.29, 1.82) is 5.26 Å². The molecule has 1 aromatic carbocycles. The van der Waals surface area contributed by atoms with Crippen molar-refractivity contribution in [2.24, 2.45) is 0 Å². The maximum absolute atomic E-state index is 8.47. The quantitative estimate of drug-likeness (QED) is 0.600. The molecule has 2 aromatic rings. The third kappa shape index (κ3) is 3.75. The second-order valence-electron chi connectivity index (χ2n) is 4.43. The Morgan fingerprint density at radius 3 is 2.95 bits per heavy atom. The first kappa shape index (κ1) is 14.4. The molecule has 0 aliphatic carbocycles. The van der Waals surface area contributed by atoms with Crippen molar-refractivity contribution in [2.45, 2.75) is 18.1 Å². The Bertz CT molecular complexity index is 603. The van der Waals surface area contributed by atoms with E-state index in [1.165, 1.54) is 11.8 Å². The molecule has 0 fully saturated rings. The Morgan fingerprint density at radius 2 is 2.20 bits per heavy atom. The topological polar surface area (TPSA) is 66.0 Å². The van der Waals surface area contributed by atoms with Crippen LogP contribution in [0.5, 0.6) is 0 Å². The van der Waals surface area contributed by atoms with E-state index in [-0.39, 0.29) is 0 Å². The van der Waals surface area contributed by atoms with Gasteiger partial charge in [0.25, 0.3) is 5.22 Å². The van der Waals surface area contributed by atoms with Crippen molar-refractivity contribution in [3.05, 3.63) is 24.3 Å². The van der Waals surface area contributed by atoms with Crippen LogP contribution in [-0.4, -0.2) is 30.0 Å². The predicted molar refractivity (Wildman–Crippen MR) is 79.6 cm³/mol. The number of rotatable bonds is 6. The molecule has 0 aliphatic heterocycles. The molecule has 0 spiro atoms. The molecule has 0 amide bonds. The first-order valence-corrected chi connectivity index (χ1v) is 7.30. The van der Waals surface area contributed by atoms with E-state index >= 15 is 0 Å². The van der Waals surface area contributed by atoms with Gasteiger partial charge in [-0.25, -0.2) is 0 Å². The zero-order valence-corrected chi connectivity index (χ0v) is 12.4. The molecule has 0 N–H and O–H groups in total. The number of hydrogen-bond acceptors (Lipinski definition) is 6. The molecule has 0 atom stereocenters. The van der Waals surface area contributed by atoms with Gasteiger partial charge in [0.05, 0.1) is 6.07 Å². The van der Waals surface area contributed by atoms with Crippen molar-refractivity contribution in [2.75, 3.05) is 24.7 Å². The molecule has 6 heteroatoms. The van der Waals surface area contributed by atoms with Crippen molar-refractivity contribution in [1.82, 2.24) is 10.2 Å². The fourth-order valence-electron chi connectivity index (χ4n) is 1.61. The van der Waals surface area contributed by atoms with E-state index in [1.54, 1.807) is 0 Å². The van der Waals surface area contributed by atoms with Gasteiger partial charge in [0.1, 0.15) is 0 Å². The average Bonchev–Trinajstić information content (AvgIpc) is 2.92. The number of aromatic nitrogens is 2. The highest BCUT2D eigenvalue weighted by Crippen LogP contribution is 2.26. The van der Waals surface area contributed by atoms with Crippen LogP contribution in [0.1, 0.15) is 12.8 Å². The number of hydrogen-bond donors (Lipinski definition) is 0. The number of benzene rings is 1. The summed E-state index contributed by atoms with van der Waals surface area (Å²) in [6.45, 7) is 0. The molecular weight excluding hydrogens is 272 g/mol. The zero-order chi connectivity index (χ0) is 14.4. The molecule has 0 radical (unpaired) electrons. The molecule has 20 heavy (non-hydrogen) atoms. The van der Waals surface area contributed by atoms with Gasteiger partial charge in [-0.05, 0) is 24.6 Å². The lowest BCUT2D eigenvalue weighted by molar-refractivity contribution is 0.466. The smallest absolute Gasteiger partial charge is 0.276 e. The van der Waals surface area contributed by atoms with Gasteiger partial charge in [0.2, 0.25) is 5.89 Å². The van der Waals surface area contributed by atoms with Crippen LogP contribution in [-0.2, 0) is 0 Å². The van der Waals surface area contributed by atoms with Crippen molar-refractivity contribution in [3.8, 4) is 17.5 Å². The van der Waals surface area contributed by atoms with Crippen LogP contribution in [0, 0.1) is 11.3 Å². The number of anilines is 1. The van der Waals surface area contributed by atoms with Gasteiger partial charge in [-0.3, -0.25) is 0 Å². The number of thioether (sulfide) groups is 1. The second kappa shape index (κ2) is 6.96. The minimum absolute atomic E-state index is 0.525. The largest absolute Gasteiger partial charge is 0.411 e. The minimum Gasteiger partial charge on any atom is -0.411 e. The summed E-state index contributed by atoms with van der Waals surface area (Å²) in [7, 11) is 3.98. The highest BCUT2D eigenvalue weighted by molar-refractivity contribution is 7.99. The summed E-state index contributed by atoms with van der Waals surface area (Å²) in [6, 6.07) is 10.1. The molecule has 5 nitrogen and oxygen atoms in total. The van der Waals surface area contributed by atoms with Gasteiger partial charge in [-0.2, -0.15) is 5.26 Å². The van der Waals surface area contributed by atoms with Gasteiger partial charge in [0.15, 0.2) is 0 Å². The lowest BCUT2D eigenvalue weighted by atomic mass is 10.2. The fourth-order valence-corrected chi connectivity index (χ4v) is 2.31. The Hall–Kier alpha value is -2.00. The number of nitrogens with zero attached hydrogens (tertiary/aromatic N) is 4. The zero-order valence-electron chi connectivity index (χ0n) is 11.5. The predicted octanol–water partition coefficient (Wildman–Crippen LogP) is 3.20. The molecule has 2 rings (SSSR count). The van der Waals surface area contributed by atoms with E-state index in [0.29, 0.717) is 17.5 Å². The average molecular weight is 288 g/mol. The molecule has 0 saturated carbocycles. The minimum atomic E-state index is 0.525. The number of unbranched alkanes of at least 4 members (excludes halogenated alkanes) is 1. The van der Waals surface area contributed by atoms with Gasteiger partial charge < -0.3 is 9.32 Å². The van der Waals surface area contributed by atoms with E-state index in [1.807, 2.05) is 43.3 Å². The highest BCUT2D eigenvalue weighted by atomic mass is 32.2. The van der Waals surface area contributed by atoms with Crippen LogP contribution in [0.4, 0.5) is 5.69 Å². The van der Waals surface area contributed by atoms with Crippen LogP contribution in [0.2, 0.25) is 0 Å². The summed E-state index contributed by atoms with van der Waals surface area (Å²) in [5.41, 5.74) is 2.00. The van der Waals surface area contributed by atoms with Crippen molar-refractivity contribution >= 4 is 17.4 Å². The molecule has 0 bridgehead atoms.